The highest BCUT2D eigenvalue weighted by Gasteiger charge is 2.20. The van der Waals surface area contributed by atoms with E-state index in [4.69, 9.17) is 16.3 Å². The number of hydrogen-bond acceptors (Lipinski definition) is 6. The van der Waals surface area contributed by atoms with E-state index in [0.29, 0.717) is 31.4 Å². The van der Waals surface area contributed by atoms with Crippen molar-refractivity contribution in [2.24, 2.45) is 0 Å². The molecule has 0 saturated heterocycles. The molecule has 0 atom stereocenters. The summed E-state index contributed by atoms with van der Waals surface area (Å²) >= 11 is 6.97. The van der Waals surface area contributed by atoms with Crippen LogP contribution in [0.3, 0.4) is 0 Å². The summed E-state index contributed by atoms with van der Waals surface area (Å²) in [4.78, 5) is 41.6. The molecule has 134 valence electrons. The van der Waals surface area contributed by atoms with Gasteiger partial charge in [0.05, 0.1) is 18.8 Å². The predicted molar refractivity (Wildman–Crippen MR) is 100 cm³/mol. The van der Waals surface area contributed by atoms with Gasteiger partial charge in [0.2, 0.25) is 5.91 Å². The van der Waals surface area contributed by atoms with Gasteiger partial charge in [0.25, 0.3) is 5.56 Å². The molecule has 2 heterocycles. The van der Waals surface area contributed by atoms with Crippen molar-refractivity contribution in [3.63, 3.8) is 0 Å². The van der Waals surface area contributed by atoms with Crippen molar-refractivity contribution >= 4 is 50.7 Å². The topological polar surface area (TPSA) is 90.3 Å². The van der Waals surface area contributed by atoms with Gasteiger partial charge in [-0.25, -0.2) is 9.78 Å². The predicted octanol–water partition coefficient (Wildman–Crippen LogP) is 2.85. The average Bonchev–Trinajstić information content (AvgIpc) is 2.94. The summed E-state index contributed by atoms with van der Waals surface area (Å²) in [5.41, 5.74) is 0.642. The fourth-order valence-corrected chi connectivity index (χ4v) is 3.73. The number of benzene rings is 1. The number of thiophene rings is 1. The minimum atomic E-state index is -0.518. The summed E-state index contributed by atoms with van der Waals surface area (Å²) in [5, 5.41) is 3.48. The molecular weight excluding hydrogens is 378 g/mol. The maximum atomic E-state index is 12.7. The van der Waals surface area contributed by atoms with Gasteiger partial charge in [-0.3, -0.25) is 14.2 Å². The van der Waals surface area contributed by atoms with Crippen LogP contribution in [0.5, 0.6) is 0 Å². The van der Waals surface area contributed by atoms with Crippen LogP contribution in [0.1, 0.15) is 15.2 Å². The molecule has 1 N–H and O–H groups in total. The second kappa shape index (κ2) is 7.27. The molecule has 2 aromatic heterocycles. The number of nitrogens with one attached hydrogen (secondary N) is 1. The number of fused-ring (bicyclic) bond motifs is 1. The summed E-state index contributed by atoms with van der Waals surface area (Å²) in [6.07, 6.45) is 1.29. The number of nitrogens with zero attached hydrogens (tertiary/aromatic N) is 2. The van der Waals surface area contributed by atoms with E-state index in [1.807, 2.05) is 0 Å². The Morgan fingerprint density at radius 3 is 2.85 bits per heavy atom. The van der Waals surface area contributed by atoms with Crippen LogP contribution in [-0.4, -0.2) is 28.5 Å². The van der Waals surface area contributed by atoms with Crippen LogP contribution >= 0.6 is 22.9 Å². The highest BCUT2D eigenvalue weighted by Crippen LogP contribution is 2.27. The van der Waals surface area contributed by atoms with E-state index in [9.17, 15) is 14.4 Å². The first-order valence-electron chi connectivity index (χ1n) is 7.53. The number of esters is 1. The average molecular weight is 392 g/mol. The Kier molecular flexibility index (Phi) is 5.06. The van der Waals surface area contributed by atoms with Gasteiger partial charge < -0.3 is 10.1 Å². The van der Waals surface area contributed by atoms with E-state index in [1.165, 1.54) is 18.0 Å². The standard InChI is InChI=1S/C17H14ClN3O4S/c1-9-13-15(26-14(9)17(24)25-2)19-8-21(16(13)23)7-12(22)20-11-5-3-4-10(18)6-11/h3-6,8H,7H2,1-2H3,(H,20,22). The number of rotatable bonds is 4. The molecule has 0 unspecified atom stereocenters. The lowest BCUT2D eigenvalue weighted by Crippen LogP contribution is -2.27. The van der Waals surface area contributed by atoms with Gasteiger partial charge in [-0.2, -0.15) is 0 Å². The fourth-order valence-electron chi connectivity index (χ4n) is 2.48. The number of aromatic nitrogens is 2. The van der Waals surface area contributed by atoms with E-state index in [1.54, 1.807) is 31.2 Å². The van der Waals surface area contributed by atoms with Gasteiger partial charge in [0, 0.05) is 10.7 Å². The van der Waals surface area contributed by atoms with Gasteiger partial charge >= 0.3 is 5.97 Å². The number of carbonyl (C=O) groups is 2. The zero-order chi connectivity index (χ0) is 18.8. The first kappa shape index (κ1) is 18.1. The molecule has 26 heavy (non-hydrogen) atoms. The molecule has 0 aliphatic carbocycles. The number of anilines is 1. The second-order valence-electron chi connectivity index (χ2n) is 5.46. The highest BCUT2D eigenvalue weighted by atomic mass is 35.5. The van der Waals surface area contributed by atoms with Crippen molar-refractivity contribution in [3.8, 4) is 0 Å². The smallest absolute Gasteiger partial charge is 0.348 e. The summed E-state index contributed by atoms with van der Waals surface area (Å²) in [5.74, 6) is -0.910. The minimum absolute atomic E-state index is 0.211. The molecule has 9 heteroatoms. The molecule has 0 fully saturated rings. The maximum absolute atomic E-state index is 12.7. The van der Waals surface area contributed by atoms with Crippen LogP contribution in [0.4, 0.5) is 5.69 Å². The zero-order valence-electron chi connectivity index (χ0n) is 13.9. The van der Waals surface area contributed by atoms with Crippen molar-refractivity contribution in [2.75, 3.05) is 12.4 Å². The molecule has 0 aliphatic heterocycles. The van der Waals surface area contributed by atoms with Crippen molar-refractivity contribution < 1.29 is 14.3 Å². The van der Waals surface area contributed by atoms with Gasteiger partial charge in [-0.15, -0.1) is 11.3 Å². The number of halogens is 1. The van der Waals surface area contributed by atoms with Gasteiger partial charge in [0.1, 0.15) is 16.3 Å². The van der Waals surface area contributed by atoms with Crippen LogP contribution < -0.4 is 10.9 Å². The van der Waals surface area contributed by atoms with Crippen LogP contribution in [0, 0.1) is 6.92 Å². The molecule has 0 aliphatic rings. The third-order valence-electron chi connectivity index (χ3n) is 3.71. The monoisotopic (exact) mass is 391 g/mol. The largest absolute Gasteiger partial charge is 0.465 e. The SMILES string of the molecule is COC(=O)c1sc2ncn(CC(=O)Nc3cccc(Cl)c3)c(=O)c2c1C. The Balaban J connectivity index is 1.90. The lowest BCUT2D eigenvalue weighted by Gasteiger charge is -2.07. The highest BCUT2D eigenvalue weighted by molar-refractivity contribution is 7.20. The van der Waals surface area contributed by atoms with Crippen LogP contribution in [0.2, 0.25) is 5.02 Å². The second-order valence-corrected chi connectivity index (χ2v) is 6.90. The van der Waals surface area contributed by atoms with E-state index >= 15 is 0 Å². The molecule has 0 saturated carbocycles. The molecule has 3 aromatic rings. The number of ether oxygens (including phenoxy) is 1. The zero-order valence-corrected chi connectivity index (χ0v) is 15.5. The Morgan fingerprint density at radius 1 is 1.38 bits per heavy atom. The summed E-state index contributed by atoms with van der Waals surface area (Å²) in [6, 6.07) is 6.70. The lowest BCUT2D eigenvalue weighted by molar-refractivity contribution is -0.116. The molecule has 1 amide bonds. The number of carbonyl (C=O) groups excluding carboxylic acids is 2. The number of hydrogen-bond donors (Lipinski definition) is 1. The van der Waals surface area contributed by atoms with Crippen molar-refractivity contribution in [3.05, 3.63) is 56.4 Å². The molecule has 0 spiro atoms. The Morgan fingerprint density at radius 2 is 2.15 bits per heavy atom. The van der Waals surface area contributed by atoms with E-state index in [0.717, 1.165) is 11.3 Å². The number of methoxy groups -OCH3 is 1. The van der Waals surface area contributed by atoms with Crippen LogP contribution in [0.25, 0.3) is 10.2 Å². The number of aryl methyl sites for hydroxylation is 1. The molecule has 0 radical (unpaired) electrons. The Hall–Kier alpha value is -2.71. The molecular formula is C17H14ClN3O4S. The molecule has 7 nitrogen and oxygen atoms in total. The maximum Gasteiger partial charge on any atom is 0.348 e. The molecule has 3 rings (SSSR count). The third kappa shape index (κ3) is 3.47. The van der Waals surface area contributed by atoms with E-state index in [2.05, 4.69) is 10.3 Å². The number of amides is 1. The lowest BCUT2D eigenvalue weighted by atomic mass is 10.2. The Bertz CT molecular complexity index is 1070. The first-order chi connectivity index (χ1) is 12.4. The van der Waals surface area contributed by atoms with Gasteiger partial charge in [-0.1, -0.05) is 17.7 Å². The van der Waals surface area contributed by atoms with E-state index in [-0.39, 0.29) is 12.1 Å². The quantitative estimate of drug-likeness (QED) is 0.690. The van der Waals surface area contributed by atoms with Crippen molar-refractivity contribution in [2.45, 2.75) is 13.5 Å². The molecule has 0 bridgehead atoms. The summed E-state index contributed by atoms with van der Waals surface area (Å²) in [7, 11) is 1.28. The third-order valence-corrected chi connectivity index (χ3v) is 5.13. The first-order valence-corrected chi connectivity index (χ1v) is 8.72. The Labute approximate surface area is 157 Å². The summed E-state index contributed by atoms with van der Waals surface area (Å²) in [6.45, 7) is 1.45. The molecule has 1 aromatic carbocycles. The van der Waals surface area contributed by atoms with Gasteiger partial charge in [-0.05, 0) is 30.7 Å². The van der Waals surface area contributed by atoms with Crippen molar-refractivity contribution in [1.29, 1.82) is 0 Å². The fraction of sp³-hybridized carbons (Fsp3) is 0.176. The van der Waals surface area contributed by atoms with E-state index < -0.39 is 11.9 Å². The normalized spacial score (nSPS) is 10.7. The van der Waals surface area contributed by atoms with Crippen molar-refractivity contribution in [1.82, 2.24) is 9.55 Å². The van der Waals surface area contributed by atoms with Crippen LogP contribution in [0.15, 0.2) is 35.4 Å². The van der Waals surface area contributed by atoms with Crippen LogP contribution in [-0.2, 0) is 16.1 Å². The summed E-state index contributed by atoms with van der Waals surface area (Å²) < 4.78 is 5.91. The minimum Gasteiger partial charge on any atom is -0.465 e. The van der Waals surface area contributed by atoms with Gasteiger partial charge in [0.15, 0.2) is 0 Å².